The zero-order valence-electron chi connectivity index (χ0n) is 35.5. The van der Waals surface area contributed by atoms with Crippen LogP contribution in [0.5, 0.6) is 0 Å². The van der Waals surface area contributed by atoms with E-state index in [4.69, 9.17) is 9.47 Å². The topological polar surface area (TPSA) is 262 Å². The van der Waals surface area contributed by atoms with Crippen LogP contribution in [0.15, 0.2) is 73.2 Å². The molecule has 67 heavy (non-hydrogen) atoms. The SMILES string of the molecule is CN(c1ncccc1CNc1nc(Nc2ccc(NC(=O)c3cn(CCOCCOCC#Cc4cccc5c4C(=O)N(C4CCC(=O)NC4=O)C5=O)nn3)cc2)ncc1C(F)(F)F)S(C)(=O)=O. The number of fused-ring (bicyclic) bond motifs is 1. The van der Waals surface area contributed by atoms with E-state index in [9.17, 15) is 45.6 Å². The summed E-state index contributed by atoms with van der Waals surface area (Å²) in [7, 11) is -2.43. The number of amides is 5. The molecular weight excluding hydrogens is 906 g/mol. The van der Waals surface area contributed by atoms with E-state index in [1.54, 1.807) is 12.1 Å². The first kappa shape index (κ1) is 47.2. The zero-order chi connectivity index (χ0) is 47.9. The largest absolute Gasteiger partial charge is 0.421 e. The summed E-state index contributed by atoms with van der Waals surface area (Å²) in [6.45, 7) is 0.591. The Bertz CT molecular complexity index is 2900. The molecule has 1 atom stereocenters. The van der Waals surface area contributed by atoms with Gasteiger partial charge in [-0.2, -0.15) is 18.2 Å². The molecule has 0 spiro atoms. The van der Waals surface area contributed by atoms with E-state index >= 15 is 0 Å². The number of piperidine rings is 1. The van der Waals surface area contributed by atoms with Crippen LogP contribution in [-0.2, 0) is 48.4 Å². The highest BCUT2D eigenvalue weighted by Crippen LogP contribution is 2.35. The molecule has 1 unspecified atom stereocenters. The van der Waals surface area contributed by atoms with Gasteiger partial charge in [0.2, 0.25) is 27.8 Å². The average Bonchev–Trinajstić information content (AvgIpc) is 3.87. The predicted octanol–water partition coefficient (Wildman–Crippen LogP) is 2.97. The normalized spacial score (nSPS) is 14.8. The molecule has 5 amide bonds. The predicted molar refractivity (Wildman–Crippen MR) is 231 cm³/mol. The summed E-state index contributed by atoms with van der Waals surface area (Å²) >= 11 is 0. The number of sulfonamides is 1. The van der Waals surface area contributed by atoms with Gasteiger partial charge in [0, 0.05) is 54.9 Å². The first-order valence-corrected chi connectivity index (χ1v) is 22.0. The highest BCUT2D eigenvalue weighted by molar-refractivity contribution is 7.92. The van der Waals surface area contributed by atoms with Crippen LogP contribution in [0.1, 0.15) is 60.7 Å². The smallest absolute Gasteiger partial charge is 0.377 e. The molecule has 2 aromatic carbocycles. The summed E-state index contributed by atoms with van der Waals surface area (Å²) in [6, 6.07) is 12.8. The number of carbonyl (C=O) groups is 5. The summed E-state index contributed by atoms with van der Waals surface area (Å²) in [6.07, 6.45) is -0.384. The summed E-state index contributed by atoms with van der Waals surface area (Å²) in [5, 5.41) is 18.1. The summed E-state index contributed by atoms with van der Waals surface area (Å²) < 4.78 is 79.3. The minimum Gasteiger partial charge on any atom is -0.377 e. The van der Waals surface area contributed by atoms with E-state index in [2.05, 4.69) is 58.4 Å². The van der Waals surface area contributed by atoms with Gasteiger partial charge in [0.15, 0.2) is 5.69 Å². The second-order valence-electron chi connectivity index (χ2n) is 14.7. The monoisotopic (exact) mass is 944 g/mol. The Hall–Kier alpha value is -7.82. The second kappa shape index (κ2) is 20.1. The van der Waals surface area contributed by atoms with Crippen LogP contribution < -0.4 is 25.6 Å². The van der Waals surface area contributed by atoms with Crippen molar-refractivity contribution in [2.75, 3.05) is 60.0 Å². The van der Waals surface area contributed by atoms with Crippen molar-refractivity contribution in [2.45, 2.75) is 38.1 Å². The van der Waals surface area contributed by atoms with Crippen LogP contribution in [0.2, 0.25) is 0 Å². The molecule has 7 rings (SSSR count). The van der Waals surface area contributed by atoms with Gasteiger partial charge in [-0.15, -0.1) is 5.10 Å². The van der Waals surface area contributed by atoms with Crippen molar-refractivity contribution in [3.63, 3.8) is 0 Å². The molecule has 1 saturated heterocycles. The quantitative estimate of drug-likeness (QED) is 0.0593. The fraction of sp³-hybridized carbons (Fsp3) is 0.286. The number of pyridine rings is 1. The van der Waals surface area contributed by atoms with Gasteiger partial charge in [-0.25, -0.2) is 23.1 Å². The Morgan fingerprint density at radius 2 is 1.75 bits per heavy atom. The van der Waals surface area contributed by atoms with Crippen molar-refractivity contribution in [3.05, 3.63) is 107 Å². The van der Waals surface area contributed by atoms with Crippen molar-refractivity contribution in [2.24, 2.45) is 0 Å². The van der Waals surface area contributed by atoms with Gasteiger partial charge in [-0.05, 0) is 48.9 Å². The molecule has 1 fully saturated rings. The molecule has 2 aliphatic heterocycles. The molecule has 348 valence electrons. The first-order chi connectivity index (χ1) is 32.0. The van der Waals surface area contributed by atoms with Crippen molar-refractivity contribution in [3.8, 4) is 11.8 Å². The van der Waals surface area contributed by atoms with Crippen LogP contribution in [0.25, 0.3) is 0 Å². The lowest BCUT2D eigenvalue weighted by Gasteiger charge is -2.27. The second-order valence-corrected chi connectivity index (χ2v) is 16.7. The molecule has 0 radical (unpaired) electrons. The Morgan fingerprint density at radius 3 is 2.49 bits per heavy atom. The van der Waals surface area contributed by atoms with Crippen molar-refractivity contribution in [1.82, 2.24) is 40.2 Å². The van der Waals surface area contributed by atoms with Crippen molar-refractivity contribution >= 4 is 68.5 Å². The molecule has 21 nitrogen and oxygen atoms in total. The highest BCUT2D eigenvalue weighted by Gasteiger charge is 2.45. The third-order valence-corrected chi connectivity index (χ3v) is 11.2. The van der Waals surface area contributed by atoms with Crippen LogP contribution in [0.3, 0.4) is 0 Å². The van der Waals surface area contributed by atoms with Crippen molar-refractivity contribution < 1.29 is 55.0 Å². The highest BCUT2D eigenvalue weighted by atomic mass is 32.2. The lowest BCUT2D eigenvalue weighted by molar-refractivity contribution is -0.138. The number of carbonyl (C=O) groups excluding carboxylic acids is 5. The van der Waals surface area contributed by atoms with Gasteiger partial charge in [0.25, 0.3) is 17.7 Å². The van der Waals surface area contributed by atoms with Gasteiger partial charge in [-0.3, -0.25) is 38.5 Å². The number of anilines is 5. The van der Waals surface area contributed by atoms with Crippen LogP contribution in [-0.4, -0.2) is 119 Å². The maximum absolute atomic E-state index is 13.9. The molecule has 5 aromatic rings. The molecule has 4 N–H and O–H groups in total. The molecule has 25 heteroatoms. The standard InChI is InChI=1S/C42H39F3N12O9S/c1-55(67(2,63)64)36-26(7-4-16-46-36)22-47-35-30(42(43,44)45)23-48-41(52-35)50-28-12-10-27(11-13-28)49-37(59)31-24-56(54-53-31)17-19-66-21-20-65-18-5-8-25-6-3-9-29-34(25)40(62)57(39(29)61)32-14-15-33(58)51-38(32)60/h3-4,6-7,9-13,16,23-24,32H,14-15,17-22H2,1-2H3,(H,49,59)(H,51,58,60)(H2,47,48,50,52). The van der Waals surface area contributed by atoms with Gasteiger partial charge >= 0.3 is 6.18 Å². The number of ether oxygens (including phenoxy) is 2. The van der Waals surface area contributed by atoms with E-state index in [0.29, 0.717) is 28.7 Å². The fourth-order valence-electron chi connectivity index (χ4n) is 6.70. The fourth-order valence-corrected chi connectivity index (χ4v) is 7.18. The number of hydrogen-bond acceptors (Lipinski definition) is 16. The minimum atomic E-state index is -4.81. The minimum absolute atomic E-state index is 0.00904. The first-order valence-electron chi connectivity index (χ1n) is 20.1. The van der Waals surface area contributed by atoms with Gasteiger partial charge in [0.05, 0.1) is 49.9 Å². The molecule has 5 heterocycles. The summed E-state index contributed by atoms with van der Waals surface area (Å²) in [5.41, 5.74) is 0.429. The van der Waals surface area contributed by atoms with E-state index in [0.717, 1.165) is 15.5 Å². The van der Waals surface area contributed by atoms with Crippen LogP contribution >= 0.6 is 0 Å². The maximum Gasteiger partial charge on any atom is 0.421 e. The third-order valence-electron chi connectivity index (χ3n) is 10.1. The van der Waals surface area contributed by atoms with E-state index in [1.165, 1.54) is 66.6 Å². The van der Waals surface area contributed by atoms with Gasteiger partial charge in [-0.1, -0.05) is 29.2 Å². The number of aromatic nitrogens is 6. The Balaban J connectivity index is 0.840. The number of imide groups is 2. The third kappa shape index (κ3) is 11.4. The average molecular weight is 945 g/mol. The number of alkyl halides is 3. The number of benzene rings is 2. The zero-order valence-corrected chi connectivity index (χ0v) is 36.3. The van der Waals surface area contributed by atoms with E-state index in [1.807, 2.05) is 0 Å². The number of nitrogens with zero attached hydrogens (tertiary/aromatic N) is 8. The van der Waals surface area contributed by atoms with Gasteiger partial charge < -0.3 is 25.4 Å². The number of hydrogen-bond donors (Lipinski definition) is 4. The number of halogens is 3. The molecule has 2 aliphatic rings. The lowest BCUT2D eigenvalue weighted by atomic mass is 10.0. The number of nitrogens with one attached hydrogen (secondary N) is 4. The maximum atomic E-state index is 13.9. The Labute approximate surface area is 379 Å². The summed E-state index contributed by atoms with van der Waals surface area (Å²) in [5.74, 6) is 1.94. The Morgan fingerprint density at radius 1 is 0.985 bits per heavy atom. The molecule has 0 aliphatic carbocycles. The molecule has 0 saturated carbocycles. The molecule has 3 aromatic heterocycles. The van der Waals surface area contributed by atoms with E-state index < -0.39 is 63.2 Å². The van der Waals surface area contributed by atoms with Crippen LogP contribution in [0.4, 0.5) is 42.1 Å². The summed E-state index contributed by atoms with van der Waals surface area (Å²) in [4.78, 5) is 75.8. The lowest BCUT2D eigenvalue weighted by Crippen LogP contribution is -2.54. The van der Waals surface area contributed by atoms with Crippen molar-refractivity contribution in [1.29, 1.82) is 0 Å². The van der Waals surface area contributed by atoms with Crippen LogP contribution in [0, 0.1) is 11.8 Å². The number of rotatable bonds is 17. The molecular formula is C42H39F3N12O9S. The molecule has 0 bridgehead atoms. The van der Waals surface area contributed by atoms with E-state index in [-0.39, 0.29) is 80.9 Å². The Kier molecular flexibility index (Phi) is 14.2. The van der Waals surface area contributed by atoms with Gasteiger partial charge in [0.1, 0.15) is 29.8 Å².